The third kappa shape index (κ3) is 3.71. The molecule has 1 aromatic carbocycles. The van der Waals surface area contributed by atoms with Gasteiger partial charge in [0.15, 0.2) is 0 Å². The first-order valence-corrected chi connectivity index (χ1v) is 9.16. The summed E-state index contributed by atoms with van der Waals surface area (Å²) in [6.45, 7) is 4.35. The van der Waals surface area contributed by atoms with E-state index in [4.69, 9.17) is 0 Å². The average Bonchev–Trinajstić information content (AvgIpc) is 2.94. The fourth-order valence-corrected chi connectivity index (χ4v) is 4.49. The van der Waals surface area contributed by atoms with Crippen molar-refractivity contribution in [2.24, 2.45) is 0 Å². The topological polar surface area (TPSA) is 58.2 Å². The van der Waals surface area contributed by atoms with Crippen LogP contribution in [0.25, 0.3) is 0 Å². The van der Waals surface area contributed by atoms with Gasteiger partial charge in [-0.25, -0.2) is 13.1 Å². The normalized spacial score (nSPS) is 13.3. The molecule has 0 spiro atoms. The molecule has 1 aromatic heterocycles. The number of thiophene rings is 1. The lowest BCUT2D eigenvalue weighted by atomic mass is 10.1. The van der Waals surface area contributed by atoms with Gasteiger partial charge in [0, 0.05) is 12.6 Å². The third-order valence-electron chi connectivity index (χ3n) is 3.43. The molecule has 0 aliphatic carbocycles. The summed E-state index contributed by atoms with van der Waals surface area (Å²) in [6.07, 6.45) is 0. The second-order valence-corrected chi connectivity index (χ2v) is 7.43. The molecule has 1 unspecified atom stereocenters. The Hall–Kier alpha value is -1.21. The Labute approximate surface area is 130 Å². The van der Waals surface area contributed by atoms with E-state index in [0.29, 0.717) is 11.4 Å². The van der Waals surface area contributed by atoms with Crippen LogP contribution in [0.1, 0.15) is 29.7 Å². The van der Waals surface area contributed by atoms with Crippen molar-refractivity contribution in [2.75, 3.05) is 7.05 Å². The summed E-state index contributed by atoms with van der Waals surface area (Å²) in [5.74, 6) is 0. The van der Waals surface area contributed by atoms with Crippen LogP contribution in [0, 0.1) is 6.92 Å². The molecule has 0 bridgehead atoms. The maximum Gasteiger partial charge on any atom is 0.241 e. The lowest BCUT2D eigenvalue weighted by Gasteiger charge is -2.16. The molecule has 21 heavy (non-hydrogen) atoms. The minimum Gasteiger partial charge on any atom is -0.316 e. The van der Waals surface area contributed by atoms with Gasteiger partial charge in [0.05, 0.1) is 4.90 Å². The maximum absolute atomic E-state index is 12.6. The zero-order valence-electron chi connectivity index (χ0n) is 12.4. The fourth-order valence-electron chi connectivity index (χ4n) is 2.22. The smallest absolute Gasteiger partial charge is 0.241 e. The first-order valence-electron chi connectivity index (χ1n) is 6.73. The van der Waals surface area contributed by atoms with Crippen molar-refractivity contribution in [1.82, 2.24) is 10.0 Å². The van der Waals surface area contributed by atoms with Gasteiger partial charge in [0.1, 0.15) is 0 Å². The Morgan fingerprint density at radius 2 is 2.05 bits per heavy atom. The number of benzene rings is 1. The largest absolute Gasteiger partial charge is 0.316 e. The molecular weight excluding hydrogens is 304 g/mol. The molecule has 0 saturated heterocycles. The van der Waals surface area contributed by atoms with Crippen LogP contribution < -0.4 is 10.0 Å². The second-order valence-electron chi connectivity index (χ2n) is 4.97. The highest BCUT2D eigenvalue weighted by Gasteiger charge is 2.21. The first-order chi connectivity index (χ1) is 9.95. The Morgan fingerprint density at radius 3 is 2.67 bits per heavy atom. The predicted molar refractivity (Wildman–Crippen MR) is 87.0 cm³/mol. The Morgan fingerprint density at radius 1 is 1.29 bits per heavy atom. The molecule has 0 aliphatic rings. The van der Waals surface area contributed by atoms with Gasteiger partial charge in [-0.3, -0.25) is 0 Å². The Kier molecular flexibility index (Phi) is 5.16. The molecule has 0 saturated carbocycles. The van der Waals surface area contributed by atoms with E-state index in [1.54, 1.807) is 23.5 Å². The van der Waals surface area contributed by atoms with Crippen molar-refractivity contribution < 1.29 is 8.42 Å². The Balaban J connectivity index is 2.29. The predicted octanol–water partition coefficient (Wildman–Crippen LogP) is 2.82. The molecule has 6 heteroatoms. The van der Waals surface area contributed by atoms with Crippen molar-refractivity contribution in [3.63, 3.8) is 0 Å². The second kappa shape index (κ2) is 6.70. The number of hydrogen-bond donors (Lipinski definition) is 2. The minimum absolute atomic E-state index is 0.242. The van der Waals surface area contributed by atoms with Gasteiger partial charge in [-0.05, 0) is 60.5 Å². The van der Waals surface area contributed by atoms with E-state index in [0.717, 1.165) is 16.7 Å². The zero-order valence-corrected chi connectivity index (χ0v) is 14.0. The molecule has 2 aromatic rings. The molecule has 4 nitrogen and oxygen atoms in total. The van der Waals surface area contributed by atoms with E-state index in [-0.39, 0.29) is 6.04 Å². The molecule has 0 radical (unpaired) electrons. The lowest BCUT2D eigenvalue weighted by molar-refractivity contribution is 0.566. The summed E-state index contributed by atoms with van der Waals surface area (Å²) >= 11 is 1.56. The van der Waals surface area contributed by atoms with Gasteiger partial charge in [0.25, 0.3) is 0 Å². The molecule has 0 fully saturated rings. The fraction of sp³-hybridized carbons (Fsp3) is 0.333. The van der Waals surface area contributed by atoms with Gasteiger partial charge < -0.3 is 5.32 Å². The quantitative estimate of drug-likeness (QED) is 0.859. The summed E-state index contributed by atoms with van der Waals surface area (Å²) in [4.78, 5) is 0.345. The monoisotopic (exact) mass is 324 g/mol. The van der Waals surface area contributed by atoms with Crippen molar-refractivity contribution in [3.05, 3.63) is 51.7 Å². The molecular formula is C15H20N2O2S2. The van der Waals surface area contributed by atoms with Gasteiger partial charge in [-0.15, -0.1) is 0 Å². The van der Waals surface area contributed by atoms with Crippen LogP contribution in [0.3, 0.4) is 0 Å². The van der Waals surface area contributed by atoms with Gasteiger partial charge in [-0.2, -0.15) is 11.3 Å². The highest BCUT2D eigenvalue weighted by atomic mass is 32.2. The standard InChI is InChI=1S/C15H20N2O2S2/c1-11-13(9-16-3)5-4-6-15(11)21(18,19)17-12(2)14-7-8-20-10-14/h4-8,10,12,16-17H,9H2,1-3H3. The van der Waals surface area contributed by atoms with Crippen LogP contribution in [0.15, 0.2) is 39.9 Å². The number of nitrogens with one attached hydrogen (secondary N) is 2. The van der Waals surface area contributed by atoms with E-state index in [9.17, 15) is 8.42 Å². The summed E-state index contributed by atoms with van der Waals surface area (Å²) in [5.41, 5.74) is 2.76. The lowest BCUT2D eigenvalue weighted by Crippen LogP contribution is -2.27. The minimum atomic E-state index is -3.53. The van der Waals surface area contributed by atoms with Gasteiger partial charge in [0.2, 0.25) is 10.0 Å². The average molecular weight is 324 g/mol. The number of hydrogen-bond acceptors (Lipinski definition) is 4. The van der Waals surface area contributed by atoms with Crippen LogP contribution in [-0.4, -0.2) is 15.5 Å². The van der Waals surface area contributed by atoms with E-state index in [2.05, 4.69) is 10.0 Å². The molecule has 0 aliphatic heterocycles. The first kappa shape index (κ1) is 16.2. The van der Waals surface area contributed by atoms with Crippen LogP contribution in [0.2, 0.25) is 0 Å². The van der Waals surface area contributed by atoms with Gasteiger partial charge in [-0.1, -0.05) is 12.1 Å². The van der Waals surface area contributed by atoms with Crippen LogP contribution in [0.5, 0.6) is 0 Å². The van der Waals surface area contributed by atoms with Crippen LogP contribution in [0.4, 0.5) is 0 Å². The number of sulfonamides is 1. The molecule has 1 heterocycles. The molecule has 2 N–H and O–H groups in total. The molecule has 0 amide bonds. The van der Waals surface area contributed by atoms with E-state index < -0.39 is 10.0 Å². The zero-order chi connectivity index (χ0) is 15.5. The summed E-state index contributed by atoms with van der Waals surface area (Å²) in [7, 11) is -1.69. The van der Waals surface area contributed by atoms with Crippen molar-refractivity contribution >= 4 is 21.4 Å². The highest BCUT2D eigenvalue weighted by Crippen LogP contribution is 2.22. The summed E-state index contributed by atoms with van der Waals surface area (Å²) in [6, 6.07) is 7.06. The molecule has 1 atom stereocenters. The van der Waals surface area contributed by atoms with Gasteiger partial charge >= 0.3 is 0 Å². The van der Waals surface area contributed by atoms with E-state index >= 15 is 0 Å². The van der Waals surface area contributed by atoms with Crippen molar-refractivity contribution in [3.8, 4) is 0 Å². The Bertz CT molecular complexity index is 694. The summed E-state index contributed by atoms with van der Waals surface area (Å²) < 4.78 is 27.9. The number of rotatable bonds is 6. The van der Waals surface area contributed by atoms with E-state index in [1.165, 1.54) is 0 Å². The van der Waals surface area contributed by atoms with Crippen LogP contribution >= 0.6 is 11.3 Å². The summed E-state index contributed by atoms with van der Waals surface area (Å²) in [5, 5.41) is 6.95. The maximum atomic E-state index is 12.6. The molecule has 114 valence electrons. The third-order valence-corrected chi connectivity index (χ3v) is 5.81. The highest BCUT2D eigenvalue weighted by molar-refractivity contribution is 7.89. The van der Waals surface area contributed by atoms with Crippen molar-refractivity contribution in [1.29, 1.82) is 0 Å². The molecule has 2 rings (SSSR count). The van der Waals surface area contributed by atoms with Crippen molar-refractivity contribution in [2.45, 2.75) is 31.3 Å². The van der Waals surface area contributed by atoms with Crippen LogP contribution in [-0.2, 0) is 16.6 Å². The van der Waals surface area contributed by atoms with E-state index in [1.807, 2.05) is 43.8 Å². The SMILES string of the molecule is CNCc1cccc(S(=O)(=O)NC(C)c2ccsc2)c1C.